The van der Waals surface area contributed by atoms with Crippen molar-refractivity contribution in [3.05, 3.63) is 24.2 Å². The minimum atomic E-state index is -0.0329. The van der Waals surface area contributed by atoms with Gasteiger partial charge in [-0.1, -0.05) is 13.8 Å². The fourth-order valence-corrected chi connectivity index (χ4v) is 1.71. The number of nitrogens with one attached hydrogen (secondary N) is 1. The number of nitrogens with zero attached hydrogens (tertiary/aromatic N) is 1. The quantitative estimate of drug-likeness (QED) is 0.818. The van der Waals surface area contributed by atoms with E-state index >= 15 is 0 Å². The lowest BCUT2D eigenvalue weighted by molar-refractivity contribution is -0.130. The highest BCUT2D eigenvalue weighted by Gasteiger charge is 2.11. The van der Waals surface area contributed by atoms with Gasteiger partial charge in [0.15, 0.2) is 0 Å². The molecule has 106 valence electrons. The summed E-state index contributed by atoms with van der Waals surface area (Å²) in [5.74, 6) is 1.07. The van der Waals surface area contributed by atoms with Crippen molar-refractivity contribution in [3.63, 3.8) is 0 Å². The zero-order valence-corrected chi connectivity index (χ0v) is 11.8. The maximum atomic E-state index is 11.5. The maximum absolute atomic E-state index is 11.5. The van der Waals surface area contributed by atoms with E-state index in [0.717, 1.165) is 5.76 Å². The molecular weight excluding hydrogens is 244 g/mol. The lowest BCUT2D eigenvalue weighted by Gasteiger charge is -2.20. The standard InChI is InChI=1S/C14H22N2O3/c1-11(2)9-14(18)15-6-7-16(12(3)17)10-13-5-4-8-19-13/h4-5,8,11H,6-7,9-10H2,1-3H3,(H,15,18). The molecule has 0 atom stereocenters. The Morgan fingerprint density at radius 3 is 2.68 bits per heavy atom. The average molecular weight is 266 g/mol. The Morgan fingerprint density at radius 2 is 2.16 bits per heavy atom. The van der Waals surface area contributed by atoms with Crippen LogP contribution in [-0.2, 0) is 16.1 Å². The summed E-state index contributed by atoms with van der Waals surface area (Å²) in [7, 11) is 0. The third-order valence-electron chi connectivity index (χ3n) is 2.67. The highest BCUT2D eigenvalue weighted by atomic mass is 16.3. The Labute approximate surface area is 114 Å². The number of amides is 2. The smallest absolute Gasteiger partial charge is 0.220 e. The van der Waals surface area contributed by atoms with Crippen molar-refractivity contribution in [3.8, 4) is 0 Å². The Bertz CT molecular complexity index is 399. The summed E-state index contributed by atoms with van der Waals surface area (Å²) in [6.45, 7) is 6.89. The van der Waals surface area contributed by atoms with Gasteiger partial charge in [0.2, 0.25) is 11.8 Å². The molecular formula is C14H22N2O3. The predicted octanol–water partition coefficient (Wildman–Crippen LogP) is 1.79. The van der Waals surface area contributed by atoms with E-state index in [4.69, 9.17) is 4.42 Å². The van der Waals surface area contributed by atoms with Gasteiger partial charge in [0.1, 0.15) is 5.76 Å². The molecule has 2 amide bonds. The van der Waals surface area contributed by atoms with Gasteiger partial charge in [-0.15, -0.1) is 0 Å². The highest BCUT2D eigenvalue weighted by Crippen LogP contribution is 2.05. The third-order valence-corrected chi connectivity index (χ3v) is 2.67. The summed E-state index contributed by atoms with van der Waals surface area (Å²) < 4.78 is 5.21. The summed E-state index contributed by atoms with van der Waals surface area (Å²) >= 11 is 0. The van der Waals surface area contributed by atoms with Crippen LogP contribution in [0.2, 0.25) is 0 Å². The Morgan fingerprint density at radius 1 is 1.42 bits per heavy atom. The van der Waals surface area contributed by atoms with Crippen molar-refractivity contribution in [1.29, 1.82) is 0 Å². The normalized spacial score (nSPS) is 10.5. The van der Waals surface area contributed by atoms with Crippen LogP contribution in [0, 0.1) is 5.92 Å². The number of hydrogen-bond acceptors (Lipinski definition) is 3. The Hall–Kier alpha value is -1.78. The molecule has 0 fully saturated rings. The largest absolute Gasteiger partial charge is 0.467 e. The number of furan rings is 1. The summed E-state index contributed by atoms with van der Waals surface area (Å²) in [5, 5.41) is 2.82. The van der Waals surface area contributed by atoms with Crippen molar-refractivity contribution in [2.45, 2.75) is 33.7 Å². The third kappa shape index (κ3) is 6.08. The summed E-state index contributed by atoms with van der Waals surface area (Å²) in [6.07, 6.45) is 2.09. The molecule has 0 aliphatic heterocycles. The molecule has 0 saturated heterocycles. The van der Waals surface area contributed by atoms with E-state index in [0.29, 0.717) is 32.0 Å². The van der Waals surface area contributed by atoms with E-state index in [1.165, 1.54) is 6.92 Å². The molecule has 0 radical (unpaired) electrons. The molecule has 0 aliphatic carbocycles. The minimum Gasteiger partial charge on any atom is -0.467 e. The van der Waals surface area contributed by atoms with Gasteiger partial charge in [0.25, 0.3) is 0 Å². The molecule has 5 heteroatoms. The lowest BCUT2D eigenvalue weighted by Crippen LogP contribution is -2.37. The molecule has 1 N–H and O–H groups in total. The van der Waals surface area contributed by atoms with E-state index in [2.05, 4.69) is 5.32 Å². The average Bonchev–Trinajstić information content (AvgIpc) is 2.79. The molecule has 0 spiro atoms. The topological polar surface area (TPSA) is 62.6 Å². The molecule has 1 aromatic rings. The van der Waals surface area contributed by atoms with Crippen LogP contribution < -0.4 is 5.32 Å². The molecule has 0 bridgehead atoms. The van der Waals surface area contributed by atoms with Gasteiger partial charge in [0, 0.05) is 26.4 Å². The molecule has 1 heterocycles. The number of rotatable bonds is 7. The molecule has 1 rings (SSSR count). The fraction of sp³-hybridized carbons (Fsp3) is 0.571. The second-order valence-electron chi connectivity index (χ2n) is 4.97. The van der Waals surface area contributed by atoms with E-state index in [9.17, 15) is 9.59 Å². The van der Waals surface area contributed by atoms with E-state index in [-0.39, 0.29) is 11.8 Å². The summed E-state index contributed by atoms with van der Waals surface area (Å²) in [5.41, 5.74) is 0. The second-order valence-corrected chi connectivity index (χ2v) is 4.97. The number of carbonyl (C=O) groups is 2. The van der Waals surface area contributed by atoms with Gasteiger partial charge in [-0.2, -0.15) is 0 Å². The maximum Gasteiger partial charge on any atom is 0.220 e. The molecule has 1 aromatic heterocycles. The van der Waals surface area contributed by atoms with Crippen molar-refractivity contribution in [2.75, 3.05) is 13.1 Å². The van der Waals surface area contributed by atoms with Gasteiger partial charge in [-0.25, -0.2) is 0 Å². The molecule has 19 heavy (non-hydrogen) atoms. The van der Waals surface area contributed by atoms with Crippen LogP contribution in [0.15, 0.2) is 22.8 Å². The van der Waals surface area contributed by atoms with Gasteiger partial charge in [0.05, 0.1) is 12.8 Å². The van der Waals surface area contributed by atoms with Crippen LogP contribution in [0.4, 0.5) is 0 Å². The first-order valence-electron chi connectivity index (χ1n) is 6.53. The molecule has 0 saturated carbocycles. The van der Waals surface area contributed by atoms with Crippen molar-refractivity contribution in [2.24, 2.45) is 5.92 Å². The van der Waals surface area contributed by atoms with Gasteiger partial charge >= 0.3 is 0 Å². The van der Waals surface area contributed by atoms with Gasteiger partial charge in [-0.05, 0) is 18.1 Å². The fourth-order valence-electron chi connectivity index (χ4n) is 1.71. The molecule has 0 unspecified atom stereocenters. The van der Waals surface area contributed by atoms with E-state index in [1.807, 2.05) is 19.9 Å². The van der Waals surface area contributed by atoms with Gasteiger partial charge in [-0.3, -0.25) is 9.59 Å². The van der Waals surface area contributed by atoms with Crippen molar-refractivity contribution < 1.29 is 14.0 Å². The van der Waals surface area contributed by atoms with E-state index < -0.39 is 0 Å². The van der Waals surface area contributed by atoms with Gasteiger partial charge < -0.3 is 14.6 Å². The Balaban J connectivity index is 2.34. The first-order valence-corrected chi connectivity index (χ1v) is 6.53. The zero-order chi connectivity index (χ0) is 14.3. The molecule has 5 nitrogen and oxygen atoms in total. The lowest BCUT2D eigenvalue weighted by atomic mass is 10.1. The Kier molecular flexibility index (Phi) is 6.12. The van der Waals surface area contributed by atoms with Crippen molar-refractivity contribution >= 4 is 11.8 Å². The molecule has 0 aromatic carbocycles. The van der Waals surface area contributed by atoms with Crippen LogP contribution >= 0.6 is 0 Å². The monoisotopic (exact) mass is 266 g/mol. The first kappa shape index (κ1) is 15.3. The summed E-state index contributed by atoms with van der Waals surface area (Å²) in [6, 6.07) is 3.62. The molecule has 0 aliphatic rings. The first-order chi connectivity index (χ1) is 8.99. The van der Waals surface area contributed by atoms with Crippen LogP contribution in [0.25, 0.3) is 0 Å². The van der Waals surface area contributed by atoms with Crippen molar-refractivity contribution in [1.82, 2.24) is 10.2 Å². The number of carbonyl (C=O) groups excluding carboxylic acids is 2. The van der Waals surface area contributed by atoms with E-state index in [1.54, 1.807) is 17.2 Å². The number of hydrogen-bond donors (Lipinski definition) is 1. The zero-order valence-electron chi connectivity index (χ0n) is 11.8. The SMILES string of the molecule is CC(=O)N(CCNC(=O)CC(C)C)Cc1ccco1. The second kappa shape index (κ2) is 7.61. The van der Waals surface area contributed by atoms with Crippen LogP contribution in [0.5, 0.6) is 0 Å². The van der Waals surface area contributed by atoms with Crippen LogP contribution in [0.3, 0.4) is 0 Å². The van der Waals surface area contributed by atoms with Crippen LogP contribution in [0.1, 0.15) is 33.0 Å². The predicted molar refractivity (Wildman–Crippen MR) is 72.3 cm³/mol. The van der Waals surface area contributed by atoms with Crippen LogP contribution in [-0.4, -0.2) is 29.8 Å². The minimum absolute atomic E-state index is 0.0245. The summed E-state index contributed by atoms with van der Waals surface area (Å²) in [4.78, 5) is 24.6. The highest BCUT2D eigenvalue weighted by molar-refractivity contribution is 5.76.